The zero-order chi connectivity index (χ0) is 17.4. The highest BCUT2D eigenvalue weighted by molar-refractivity contribution is 5.91. The Morgan fingerprint density at radius 3 is 2.50 bits per heavy atom. The van der Waals surface area contributed by atoms with Crippen LogP contribution in [0.3, 0.4) is 0 Å². The molecule has 1 amide bonds. The molecule has 4 heteroatoms. The van der Waals surface area contributed by atoms with Crippen molar-refractivity contribution in [3.05, 3.63) is 53.6 Å². The fraction of sp³-hybridized carbons (Fsp3) is 0.350. The number of hydrogen-bond acceptors (Lipinski definition) is 3. The molecule has 0 aromatic heterocycles. The van der Waals surface area contributed by atoms with Crippen LogP contribution in [0, 0.1) is 6.92 Å². The van der Waals surface area contributed by atoms with Gasteiger partial charge in [-0.3, -0.25) is 4.79 Å². The van der Waals surface area contributed by atoms with E-state index in [1.54, 1.807) is 0 Å². The predicted octanol–water partition coefficient (Wildman–Crippen LogP) is 4.40. The van der Waals surface area contributed by atoms with Gasteiger partial charge in [-0.1, -0.05) is 25.1 Å². The zero-order valence-corrected chi connectivity index (χ0v) is 14.7. The summed E-state index contributed by atoms with van der Waals surface area (Å²) in [4.78, 5) is 12.1. The van der Waals surface area contributed by atoms with Gasteiger partial charge in [0.2, 0.25) is 5.91 Å². The van der Waals surface area contributed by atoms with Crippen LogP contribution < -0.4 is 15.4 Å². The highest BCUT2D eigenvalue weighted by atomic mass is 16.5. The summed E-state index contributed by atoms with van der Waals surface area (Å²) < 4.78 is 5.39. The lowest BCUT2D eigenvalue weighted by atomic mass is 10.1. The monoisotopic (exact) mass is 326 g/mol. The van der Waals surface area contributed by atoms with Gasteiger partial charge >= 0.3 is 0 Å². The van der Waals surface area contributed by atoms with Crippen molar-refractivity contribution in [2.24, 2.45) is 0 Å². The molecule has 0 radical (unpaired) electrons. The molecule has 2 aromatic carbocycles. The zero-order valence-electron chi connectivity index (χ0n) is 14.7. The van der Waals surface area contributed by atoms with Gasteiger partial charge in [0.15, 0.2) is 0 Å². The van der Waals surface area contributed by atoms with E-state index in [0.717, 1.165) is 23.5 Å². The van der Waals surface area contributed by atoms with E-state index < -0.39 is 0 Å². The number of aryl methyl sites for hydroxylation is 2. The van der Waals surface area contributed by atoms with E-state index in [9.17, 15) is 4.79 Å². The largest absolute Gasteiger partial charge is 0.494 e. The predicted molar refractivity (Wildman–Crippen MR) is 99.9 cm³/mol. The molecule has 0 unspecified atom stereocenters. The van der Waals surface area contributed by atoms with Crippen LogP contribution in [0.5, 0.6) is 5.75 Å². The molecule has 2 aromatic rings. The first-order chi connectivity index (χ1) is 11.6. The van der Waals surface area contributed by atoms with E-state index in [-0.39, 0.29) is 5.91 Å². The minimum atomic E-state index is -0.00158. The second kappa shape index (κ2) is 8.96. The number of hydrogen-bond donors (Lipinski definition) is 2. The van der Waals surface area contributed by atoms with Gasteiger partial charge < -0.3 is 15.4 Å². The number of amides is 1. The summed E-state index contributed by atoms with van der Waals surface area (Å²) in [7, 11) is 0. The summed E-state index contributed by atoms with van der Waals surface area (Å²) in [5.74, 6) is 0.808. The van der Waals surface area contributed by atoms with Crippen LogP contribution in [0.25, 0.3) is 0 Å². The van der Waals surface area contributed by atoms with Crippen molar-refractivity contribution in [1.82, 2.24) is 0 Å². The molecule has 0 saturated heterocycles. The van der Waals surface area contributed by atoms with Crippen LogP contribution in [-0.4, -0.2) is 19.1 Å². The van der Waals surface area contributed by atoms with Crippen LogP contribution >= 0.6 is 0 Å². The number of para-hydroxylation sites is 1. The van der Waals surface area contributed by atoms with Gasteiger partial charge in [0.1, 0.15) is 5.75 Å². The molecule has 2 rings (SSSR count). The molecule has 0 spiro atoms. The summed E-state index contributed by atoms with van der Waals surface area (Å²) in [6.45, 7) is 7.41. The first kappa shape index (κ1) is 17.9. The highest BCUT2D eigenvalue weighted by Crippen LogP contribution is 2.21. The SMILES string of the molecule is CCOc1ccc(NC(=O)CCNc2c(C)cccc2CC)cc1. The molecule has 24 heavy (non-hydrogen) atoms. The molecular formula is C20H26N2O2. The van der Waals surface area contributed by atoms with Gasteiger partial charge in [-0.05, 0) is 55.7 Å². The molecule has 0 saturated carbocycles. The summed E-state index contributed by atoms with van der Waals surface area (Å²) in [6, 6.07) is 13.7. The average molecular weight is 326 g/mol. The van der Waals surface area contributed by atoms with Gasteiger partial charge in [0.25, 0.3) is 0 Å². The standard InChI is InChI=1S/C20H26N2O2/c1-4-16-8-6-7-15(3)20(16)21-14-13-19(23)22-17-9-11-18(12-10-17)24-5-2/h6-12,21H,4-5,13-14H2,1-3H3,(H,22,23). The maximum atomic E-state index is 12.1. The third-order valence-electron chi connectivity index (χ3n) is 3.84. The van der Waals surface area contributed by atoms with E-state index in [1.165, 1.54) is 11.1 Å². The van der Waals surface area contributed by atoms with Crippen LogP contribution in [0.4, 0.5) is 11.4 Å². The molecule has 4 nitrogen and oxygen atoms in total. The van der Waals surface area contributed by atoms with Gasteiger partial charge in [-0.2, -0.15) is 0 Å². The van der Waals surface area contributed by atoms with E-state index in [4.69, 9.17) is 4.74 Å². The van der Waals surface area contributed by atoms with Gasteiger partial charge in [-0.25, -0.2) is 0 Å². The number of rotatable bonds is 8. The molecule has 2 N–H and O–H groups in total. The van der Waals surface area contributed by atoms with Crippen molar-refractivity contribution in [3.8, 4) is 5.75 Å². The van der Waals surface area contributed by atoms with Crippen molar-refractivity contribution in [1.29, 1.82) is 0 Å². The second-order valence-electron chi connectivity index (χ2n) is 5.64. The Morgan fingerprint density at radius 2 is 1.83 bits per heavy atom. The van der Waals surface area contributed by atoms with Crippen molar-refractivity contribution >= 4 is 17.3 Å². The number of benzene rings is 2. The molecule has 0 atom stereocenters. The fourth-order valence-electron chi connectivity index (χ4n) is 2.60. The third-order valence-corrected chi connectivity index (χ3v) is 3.84. The van der Waals surface area contributed by atoms with Crippen molar-refractivity contribution in [3.63, 3.8) is 0 Å². The van der Waals surface area contributed by atoms with Crippen molar-refractivity contribution < 1.29 is 9.53 Å². The Labute approximate surface area is 144 Å². The molecular weight excluding hydrogens is 300 g/mol. The lowest BCUT2D eigenvalue weighted by molar-refractivity contribution is -0.115. The smallest absolute Gasteiger partial charge is 0.226 e. The number of carbonyl (C=O) groups is 1. The second-order valence-corrected chi connectivity index (χ2v) is 5.64. The summed E-state index contributed by atoms with van der Waals surface area (Å²) >= 11 is 0. The number of ether oxygens (including phenoxy) is 1. The topological polar surface area (TPSA) is 50.4 Å². The lowest BCUT2D eigenvalue weighted by Crippen LogP contribution is -2.17. The maximum Gasteiger partial charge on any atom is 0.226 e. The highest BCUT2D eigenvalue weighted by Gasteiger charge is 2.06. The molecule has 128 valence electrons. The average Bonchev–Trinajstić information content (AvgIpc) is 2.58. The van der Waals surface area contributed by atoms with Crippen LogP contribution in [0.1, 0.15) is 31.4 Å². The van der Waals surface area contributed by atoms with Crippen LogP contribution in [-0.2, 0) is 11.2 Å². The number of carbonyl (C=O) groups excluding carboxylic acids is 1. The summed E-state index contributed by atoms with van der Waals surface area (Å²) in [6.07, 6.45) is 1.40. The van der Waals surface area contributed by atoms with E-state index in [1.807, 2.05) is 31.2 Å². The Balaban J connectivity index is 1.83. The minimum absolute atomic E-state index is 0.00158. The number of anilines is 2. The maximum absolute atomic E-state index is 12.1. The molecule has 0 bridgehead atoms. The lowest BCUT2D eigenvalue weighted by Gasteiger charge is -2.14. The third kappa shape index (κ3) is 5.01. The summed E-state index contributed by atoms with van der Waals surface area (Å²) in [5, 5.41) is 6.30. The first-order valence-corrected chi connectivity index (χ1v) is 8.49. The number of nitrogens with one attached hydrogen (secondary N) is 2. The van der Waals surface area contributed by atoms with Gasteiger partial charge in [0, 0.05) is 24.3 Å². The molecule has 0 aliphatic heterocycles. The van der Waals surface area contributed by atoms with Crippen molar-refractivity contribution in [2.75, 3.05) is 23.8 Å². The fourth-order valence-corrected chi connectivity index (χ4v) is 2.60. The minimum Gasteiger partial charge on any atom is -0.494 e. The Kier molecular flexibility index (Phi) is 6.67. The Bertz CT molecular complexity index is 666. The van der Waals surface area contributed by atoms with E-state index >= 15 is 0 Å². The van der Waals surface area contributed by atoms with Crippen molar-refractivity contribution in [2.45, 2.75) is 33.6 Å². The molecule has 0 aliphatic carbocycles. The molecule has 0 heterocycles. The quantitative estimate of drug-likeness (QED) is 0.756. The first-order valence-electron chi connectivity index (χ1n) is 8.49. The molecule has 0 fully saturated rings. The molecule has 0 aliphatic rings. The van der Waals surface area contributed by atoms with E-state index in [2.05, 4.69) is 42.7 Å². The normalized spacial score (nSPS) is 10.3. The Morgan fingerprint density at radius 1 is 1.08 bits per heavy atom. The summed E-state index contributed by atoms with van der Waals surface area (Å²) in [5.41, 5.74) is 4.42. The van der Waals surface area contributed by atoms with E-state index in [0.29, 0.717) is 19.6 Å². The van der Waals surface area contributed by atoms with Crippen LogP contribution in [0.2, 0.25) is 0 Å². The van der Waals surface area contributed by atoms with Gasteiger partial charge in [-0.15, -0.1) is 0 Å². The van der Waals surface area contributed by atoms with Crippen LogP contribution in [0.15, 0.2) is 42.5 Å². The Hall–Kier alpha value is -2.49. The van der Waals surface area contributed by atoms with Gasteiger partial charge in [0.05, 0.1) is 6.61 Å².